The summed E-state index contributed by atoms with van der Waals surface area (Å²) in [6.45, 7) is 0. The van der Waals surface area contributed by atoms with Gasteiger partial charge in [-0.05, 0) is 29.8 Å². The molecule has 0 unspecified atom stereocenters. The average Bonchev–Trinajstić information content (AvgIpc) is 2.41. The molecule has 0 atom stereocenters. The number of benzene rings is 2. The second-order valence-electron chi connectivity index (χ2n) is 4.17. The van der Waals surface area contributed by atoms with Crippen LogP contribution in [0.25, 0.3) is 0 Å². The van der Waals surface area contributed by atoms with Crippen LogP contribution in [0.4, 0.5) is 8.78 Å². The van der Waals surface area contributed by atoms with Crippen LogP contribution in [-0.2, 0) is 11.2 Å². The molecule has 20 heavy (non-hydrogen) atoms. The number of halogens is 3. The molecule has 0 aromatic heterocycles. The summed E-state index contributed by atoms with van der Waals surface area (Å²) in [7, 11) is 0. The molecular weight excluding hydrogens is 302 g/mol. The molecule has 0 radical (unpaired) electrons. The van der Waals surface area contributed by atoms with Crippen molar-refractivity contribution in [3.05, 3.63) is 64.7 Å². The summed E-state index contributed by atoms with van der Waals surface area (Å²) < 4.78 is 26.9. The van der Waals surface area contributed by atoms with Gasteiger partial charge < -0.3 is 0 Å². The summed E-state index contributed by atoms with van der Waals surface area (Å²) in [6.07, 6.45) is -0.0234. The minimum atomic E-state index is -0.498. The molecule has 0 amide bonds. The van der Waals surface area contributed by atoms with E-state index >= 15 is 0 Å². The molecule has 0 bridgehead atoms. The fraction of sp³-hybridized carbons (Fsp3) is 0.133. The van der Waals surface area contributed by atoms with E-state index < -0.39 is 5.82 Å². The zero-order chi connectivity index (χ0) is 14.5. The lowest BCUT2D eigenvalue weighted by molar-refractivity contribution is -0.116. The quantitative estimate of drug-likeness (QED) is 0.755. The molecule has 0 spiro atoms. The van der Waals surface area contributed by atoms with Gasteiger partial charge in [-0.2, -0.15) is 0 Å². The lowest BCUT2D eigenvalue weighted by Crippen LogP contribution is -2.07. The van der Waals surface area contributed by atoms with E-state index in [1.165, 1.54) is 24.3 Å². The molecular formula is C15H11ClF2OS. The van der Waals surface area contributed by atoms with Crippen LogP contribution >= 0.6 is 23.4 Å². The molecule has 2 aromatic carbocycles. The van der Waals surface area contributed by atoms with Gasteiger partial charge >= 0.3 is 0 Å². The Hall–Kier alpha value is -1.39. The van der Waals surface area contributed by atoms with E-state index in [0.29, 0.717) is 15.5 Å². The average molecular weight is 313 g/mol. The van der Waals surface area contributed by atoms with Crippen LogP contribution in [0.3, 0.4) is 0 Å². The maximum atomic E-state index is 13.5. The Bertz CT molecular complexity index is 631. The maximum Gasteiger partial charge on any atom is 0.147 e. The van der Waals surface area contributed by atoms with Gasteiger partial charge in [0.1, 0.15) is 17.4 Å². The Morgan fingerprint density at radius 3 is 2.55 bits per heavy atom. The Labute approximate surface area is 125 Å². The normalized spacial score (nSPS) is 10.6. The maximum absolute atomic E-state index is 13.5. The van der Waals surface area contributed by atoms with Crippen LogP contribution < -0.4 is 0 Å². The van der Waals surface area contributed by atoms with Gasteiger partial charge in [0.2, 0.25) is 0 Å². The number of thioether (sulfide) groups is 1. The van der Waals surface area contributed by atoms with Crippen molar-refractivity contribution in [3.8, 4) is 0 Å². The Balaban J connectivity index is 1.94. The summed E-state index contributed by atoms with van der Waals surface area (Å²) in [5.41, 5.74) is 0.300. The molecule has 0 aliphatic heterocycles. The zero-order valence-corrected chi connectivity index (χ0v) is 12.0. The molecule has 0 fully saturated rings. The van der Waals surface area contributed by atoms with Crippen molar-refractivity contribution in [3.63, 3.8) is 0 Å². The van der Waals surface area contributed by atoms with Crippen molar-refractivity contribution >= 4 is 29.1 Å². The van der Waals surface area contributed by atoms with Gasteiger partial charge in [0.05, 0.1) is 5.75 Å². The molecule has 0 heterocycles. The summed E-state index contributed by atoms with van der Waals surface area (Å²) in [5, 5.41) is 0.291. The first-order valence-electron chi connectivity index (χ1n) is 5.89. The fourth-order valence-electron chi connectivity index (χ4n) is 1.65. The molecule has 0 aliphatic carbocycles. The summed E-state index contributed by atoms with van der Waals surface area (Å²) >= 11 is 6.75. The highest BCUT2D eigenvalue weighted by Crippen LogP contribution is 2.22. The minimum Gasteiger partial charge on any atom is -0.298 e. The van der Waals surface area contributed by atoms with Crippen LogP contribution in [-0.4, -0.2) is 11.5 Å². The molecule has 0 aliphatic rings. The largest absolute Gasteiger partial charge is 0.298 e. The van der Waals surface area contributed by atoms with Gasteiger partial charge in [-0.3, -0.25) is 4.79 Å². The first kappa shape index (κ1) is 15.0. The molecule has 0 N–H and O–H groups in total. The number of ketones is 1. The predicted octanol–water partition coefficient (Wildman–Crippen LogP) is 4.52. The molecule has 2 aromatic rings. The third-order valence-electron chi connectivity index (χ3n) is 2.63. The third-order valence-corrected chi connectivity index (χ3v) is 3.97. The van der Waals surface area contributed by atoms with Crippen LogP contribution in [0.1, 0.15) is 5.56 Å². The van der Waals surface area contributed by atoms with E-state index in [9.17, 15) is 13.6 Å². The molecule has 5 heteroatoms. The molecule has 2 rings (SSSR count). The van der Waals surface area contributed by atoms with Gasteiger partial charge in [-0.1, -0.05) is 29.8 Å². The van der Waals surface area contributed by atoms with Crippen molar-refractivity contribution in [2.75, 3.05) is 5.75 Å². The number of carbonyl (C=O) groups is 1. The summed E-state index contributed by atoms with van der Waals surface area (Å²) in [5.74, 6) is -0.924. The standard InChI is InChI=1S/C15H11ClF2OS/c16-11-6-5-10(14(18)8-11)7-12(19)9-20-15-4-2-1-3-13(15)17/h1-6,8H,7,9H2. The van der Waals surface area contributed by atoms with Gasteiger partial charge in [-0.25, -0.2) is 8.78 Å². The lowest BCUT2D eigenvalue weighted by atomic mass is 10.1. The molecule has 104 valence electrons. The van der Waals surface area contributed by atoms with E-state index in [2.05, 4.69) is 0 Å². The number of carbonyl (C=O) groups excluding carboxylic acids is 1. The SMILES string of the molecule is O=C(CSc1ccccc1F)Cc1ccc(Cl)cc1F. The van der Waals surface area contributed by atoms with Gasteiger partial charge in [-0.15, -0.1) is 11.8 Å². The van der Waals surface area contributed by atoms with E-state index in [0.717, 1.165) is 11.8 Å². The monoisotopic (exact) mass is 312 g/mol. The van der Waals surface area contributed by atoms with E-state index in [1.54, 1.807) is 18.2 Å². The van der Waals surface area contributed by atoms with Crippen molar-refractivity contribution in [1.29, 1.82) is 0 Å². The van der Waals surface area contributed by atoms with Gasteiger partial charge in [0.15, 0.2) is 0 Å². The Kier molecular flexibility index (Phi) is 5.15. The zero-order valence-electron chi connectivity index (χ0n) is 10.4. The first-order valence-corrected chi connectivity index (χ1v) is 7.25. The van der Waals surface area contributed by atoms with Gasteiger partial charge in [0, 0.05) is 16.3 Å². The van der Waals surface area contributed by atoms with E-state index in [1.807, 2.05) is 0 Å². The van der Waals surface area contributed by atoms with E-state index in [-0.39, 0.29) is 23.8 Å². The third kappa shape index (κ3) is 4.05. The fourth-order valence-corrected chi connectivity index (χ4v) is 2.61. The van der Waals surface area contributed by atoms with Crippen LogP contribution in [0.2, 0.25) is 5.02 Å². The highest BCUT2D eigenvalue weighted by molar-refractivity contribution is 8.00. The van der Waals surface area contributed by atoms with E-state index in [4.69, 9.17) is 11.6 Å². The Morgan fingerprint density at radius 2 is 1.85 bits per heavy atom. The van der Waals surface area contributed by atoms with Crippen LogP contribution in [0.5, 0.6) is 0 Å². The minimum absolute atomic E-state index is 0.0234. The molecule has 0 saturated carbocycles. The lowest BCUT2D eigenvalue weighted by Gasteiger charge is -2.04. The summed E-state index contributed by atoms with van der Waals surface area (Å²) in [4.78, 5) is 12.2. The topological polar surface area (TPSA) is 17.1 Å². The predicted molar refractivity (Wildman–Crippen MR) is 77.2 cm³/mol. The van der Waals surface area contributed by atoms with Crippen molar-refractivity contribution < 1.29 is 13.6 Å². The second kappa shape index (κ2) is 6.86. The second-order valence-corrected chi connectivity index (χ2v) is 5.62. The molecule has 0 saturated heterocycles. The smallest absolute Gasteiger partial charge is 0.147 e. The van der Waals surface area contributed by atoms with Gasteiger partial charge in [0.25, 0.3) is 0 Å². The van der Waals surface area contributed by atoms with Crippen molar-refractivity contribution in [1.82, 2.24) is 0 Å². The van der Waals surface area contributed by atoms with Crippen LogP contribution in [0.15, 0.2) is 47.4 Å². The highest BCUT2D eigenvalue weighted by Gasteiger charge is 2.10. The highest BCUT2D eigenvalue weighted by atomic mass is 35.5. The molecule has 1 nitrogen and oxygen atoms in total. The van der Waals surface area contributed by atoms with Crippen LogP contribution in [0, 0.1) is 11.6 Å². The Morgan fingerprint density at radius 1 is 1.10 bits per heavy atom. The summed E-state index contributed by atoms with van der Waals surface area (Å²) in [6, 6.07) is 10.4. The number of Topliss-reactive ketones (excluding diaryl/α,β-unsaturated/α-hetero) is 1. The first-order chi connectivity index (χ1) is 9.56. The number of rotatable bonds is 5. The van der Waals surface area contributed by atoms with Crippen molar-refractivity contribution in [2.45, 2.75) is 11.3 Å². The number of hydrogen-bond donors (Lipinski definition) is 0. The number of hydrogen-bond acceptors (Lipinski definition) is 2. The van der Waals surface area contributed by atoms with Crippen molar-refractivity contribution in [2.24, 2.45) is 0 Å².